The van der Waals surface area contributed by atoms with Crippen LogP contribution >= 0.6 is 11.6 Å². The van der Waals surface area contributed by atoms with E-state index in [0.717, 1.165) is 5.56 Å². The second-order valence-corrected chi connectivity index (χ2v) is 4.23. The molecule has 0 saturated heterocycles. The van der Waals surface area contributed by atoms with E-state index in [1.54, 1.807) is 6.07 Å². The minimum absolute atomic E-state index is 0.0717. The molecule has 0 spiro atoms. The van der Waals surface area contributed by atoms with Crippen molar-refractivity contribution in [2.24, 2.45) is 5.73 Å². The van der Waals surface area contributed by atoms with Crippen LogP contribution in [0.4, 0.5) is 0 Å². The van der Waals surface area contributed by atoms with Crippen LogP contribution in [-0.4, -0.2) is 25.5 Å². The number of nitrogens with two attached hydrogens (primary N) is 1. The van der Waals surface area contributed by atoms with E-state index in [0.29, 0.717) is 41.8 Å². The summed E-state index contributed by atoms with van der Waals surface area (Å²) in [6.07, 6.45) is 0.277. The van der Waals surface area contributed by atoms with Crippen molar-refractivity contribution in [3.05, 3.63) is 22.2 Å². The zero-order valence-electron chi connectivity index (χ0n) is 9.59. The molecular formula is C12H14ClNO3. The third kappa shape index (κ3) is 2.23. The van der Waals surface area contributed by atoms with Gasteiger partial charge in [-0.3, -0.25) is 4.79 Å². The van der Waals surface area contributed by atoms with E-state index in [9.17, 15) is 4.79 Å². The Bertz CT molecular complexity index is 460. The fourth-order valence-electron chi connectivity index (χ4n) is 1.80. The van der Waals surface area contributed by atoms with Crippen molar-refractivity contribution >= 4 is 17.4 Å². The number of hydrogen-bond donors (Lipinski definition) is 1. The molecule has 0 bridgehead atoms. The predicted octanol–water partition coefficient (Wildman–Crippen LogP) is 1.95. The molecule has 0 unspecified atom stereocenters. The summed E-state index contributed by atoms with van der Waals surface area (Å²) in [5.74, 6) is 1.14. The van der Waals surface area contributed by atoms with E-state index < -0.39 is 0 Å². The van der Waals surface area contributed by atoms with Gasteiger partial charge in [0.05, 0.1) is 5.02 Å². The van der Waals surface area contributed by atoms with E-state index in [4.69, 9.17) is 26.8 Å². The lowest BCUT2D eigenvalue weighted by molar-refractivity contribution is 0.0984. The van der Waals surface area contributed by atoms with Gasteiger partial charge in [-0.1, -0.05) is 11.6 Å². The summed E-state index contributed by atoms with van der Waals surface area (Å²) in [6, 6.07) is 1.64. The number of benzene rings is 1. The first kappa shape index (κ1) is 12.2. The van der Waals surface area contributed by atoms with Gasteiger partial charge < -0.3 is 15.2 Å². The molecule has 1 aliphatic rings. The largest absolute Gasteiger partial charge is 0.486 e. The van der Waals surface area contributed by atoms with Crippen molar-refractivity contribution in [3.8, 4) is 11.5 Å². The number of fused-ring (bicyclic) bond motifs is 1. The Kier molecular flexibility index (Phi) is 3.54. The van der Waals surface area contributed by atoms with Crippen LogP contribution in [0.3, 0.4) is 0 Å². The third-order valence-corrected chi connectivity index (χ3v) is 3.15. The number of Topliss-reactive ketones (excluding diaryl/α,β-unsaturated/α-hetero) is 1. The Morgan fingerprint density at radius 3 is 2.88 bits per heavy atom. The number of carbonyl (C=O) groups is 1. The molecule has 92 valence electrons. The molecule has 1 heterocycles. The molecule has 17 heavy (non-hydrogen) atoms. The number of ketones is 1. The molecule has 1 aliphatic heterocycles. The minimum atomic E-state index is -0.0717. The van der Waals surface area contributed by atoms with Gasteiger partial charge in [0.25, 0.3) is 0 Å². The highest BCUT2D eigenvalue weighted by molar-refractivity contribution is 6.35. The van der Waals surface area contributed by atoms with E-state index in [2.05, 4.69) is 0 Å². The number of ether oxygens (including phenoxy) is 2. The number of hydrogen-bond acceptors (Lipinski definition) is 4. The van der Waals surface area contributed by atoms with Gasteiger partial charge in [0.15, 0.2) is 17.3 Å². The second kappa shape index (κ2) is 4.94. The molecule has 0 aliphatic carbocycles. The highest BCUT2D eigenvalue weighted by Crippen LogP contribution is 2.40. The lowest BCUT2D eigenvalue weighted by Crippen LogP contribution is -2.17. The van der Waals surface area contributed by atoms with Gasteiger partial charge >= 0.3 is 0 Å². The van der Waals surface area contributed by atoms with E-state index in [-0.39, 0.29) is 12.2 Å². The zero-order valence-corrected chi connectivity index (χ0v) is 10.3. The Hall–Kier alpha value is -1.26. The molecular weight excluding hydrogens is 242 g/mol. The maximum Gasteiger partial charge on any atom is 0.165 e. The predicted molar refractivity (Wildman–Crippen MR) is 65.2 cm³/mol. The average Bonchev–Trinajstić information content (AvgIpc) is 2.34. The van der Waals surface area contributed by atoms with Gasteiger partial charge in [0.2, 0.25) is 0 Å². The molecule has 0 aromatic heterocycles. The van der Waals surface area contributed by atoms with Gasteiger partial charge in [0.1, 0.15) is 13.2 Å². The van der Waals surface area contributed by atoms with Crippen LogP contribution in [0, 0.1) is 6.92 Å². The van der Waals surface area contributed by atoms with Crippen molar-refractivity contribution < 1.29 is 14.3 Å². The molecule has 0 amide bonds. The van der Waals surface area contributed by atoms with Gasteiger partial charge in [-0.2, -0.15) is 0 Å². The topological polar surface area (TPSA) is 61.6 Å². The van der Waals surface area contributed by atoms with E-state index >= 15 is 0 Å². The minimum Gasteiger partial charge on any atom is -0.486 e. The number of carbonyl (C=O) groups excluding carboxylic acids is 1. The van der Waals surface area contributed by atoms with Crippen molar-refractivity contribution in [1.82, 2.24) is 0 Å². The lowest BCUT2D eigenvalue weighted by atomic mass is 10.0. The van der Waals surface area contributed by atoms with Gasteiger partial charge in [-0.15, -0.1) is 0 Å². The molecule has 4 nitrogen and oxygen atoms in total. The lowest BCUT2D eigenvalue weighted by Gasteiger charge is -2.22. The monoisotopic (exact) mass is 255 g/mol. The molecule has 0 radical (unpaired) electrons. The van der Waals surface area contributed by atoms with Gasteiger partial charge in [-0.05, 0) is 19.5 Å². The fraction of sp³-hybridized carbons (Fsp3) is 0.417. The summed E-state index contributed by atoms with van der Waals surface area (Å²) in [7, 11) is 0. The first-order chi connectivity index (χ1) is 8.15. The normalized spacial score (nSPS) is 13.6. The summed E-state index contributed by atoms with van der Waals surface area (Å²) in [5.41, 5.74) is 6.57. The van der Waals surface area contributed by atoms with Crippen molar-refractivity contribution in [2.75, 3.05) is 19.8 Å². The van der Waals surface area contributed by atoms with Crippen molar-refractivity contribution in [1.29, 1.82) is 0 Å². The highest BCUT2D eigenvalue weighted by atomic mass is 35.5. The SMILES string of the molecule is Cc1c(Cl)c(C(=O)CCN)cc2c1OCCO2. The van der Waals surface area contributed by atoms with Crippen LogP contribution < -0.4 is 15.2 Å². The Morgan fingerprint density at radius 2 is 2.18 bits per heavy atom. The van der Waals surface area contributed by atoms with E-state index in [1.165, 1.54) is 0 Å². The quantitative estimate of drug-likeness (QED) is 0.839. The van der Waals surface area contributed by atoms with Crippen LogP contribution in [0.15, 0.2) is 6.07 Å². The molecule has 0 saturated carbocycles. The summed E-state index contributed by atoms with van der Waals surface area (Å²) in [4.78, 5) is 11.8. The summed E-state index contributed by atoms with van der Waals surface area (Å²) < 4.78 is 10.9. The Labute approximate surface area is 105 Å². The maximum atomic E-state index is 11.8. The second-order valence-electron chi connectivity index (χ2n) is 3.85. The Balaban J connectivity index is 2.47. The van der Waals surface area contributed by atoms with Crippen LogP contribution in [0.25, 0.3) is 0 Å². The Morgan fingerprint density at radius 1 is 1.47 bits per heavy atom. The van der Waals surface area contributed by atoms with Crippen LogP contribution in [-0.2, 0) is 0 Å². The number of rotatable bonds is 3. The average molecular weight is 256 g/mol. The smallest absolute Gasteiger partial charge is 0.165 e. The van der Waals surface area contributed by atoms with Gasteiger partial charge in [-0.25, -0.2) is 0 Å². The number of halogens is 1. The molecule has 2 rings (SSSR count). The molecule has 0 fully saturated rings. The summed E-state index contributed by atoms with van der Waals surface area (Å²) in [6.45, 7) is 3.11. The van der Waals surface area contributed by atoms with Crippen LogP contribution in [0.1, 0.15) is 22.3 Å². The van der Waals surface area contributed by atoms with Crippen LogP contribution in [0.2, 0.25) is 5.02 Å². The summed E-state index contributed by atoms with van der Waals surface area (Å²) in [5, 5.41) is 0.424. The molecule has 1 aromatic carbocycles. The molecule has 1 aromatic rings. The molecule has 5 heteroatoms. The first-order valence-corrected chi connectivity index (χ1v) is 5.85. The summed E-state index contributed by atoms with van der Waals surface area (Å²) >= 11 is 6.16. The van der Waals surface area contributed by atoms with Gasteiger partial charge in [0, 0.05) is 17.5 Å². The van der Waals surface area contributed by atoms with Crippen LogP contribution in [0.5, 0.6) is 11.5 Å². The van der Waals surface area contributed by atoms with Crippen molar-refractivity contribution in [2.45, 2.75) is 13.3 Å². The molecule has 2 N–H and O–H groups in total. The molecule has 0 atom stereocenters. The highest BCUT2D eigenvalue weighted by Gasteiger charge is 2.22. The maximum absolute atomic E-state index is 11.8. The standard InChI is InChI=1S/C12H14ClNO3/c1-7-11(13)8(9(15)2-3-14)6-10-12(7)17-5-4-16-10/h6H,2-5,14H2,1H3. The van der Waals surface area contributed by atoms with Crippen molar-refractivity contribution in [3.63, 3.8) is 0 Å². The fourth-order valence-corrected chi connectivity index (χ4v) is 2.04. The first-order valence-electron chi connectivity index (χ1n) is 5.47. The zero-order chi connectivity index (χ0) is 12.4. The third-order valence-electron chi connectivity index (χ3n) is 2.66. The van der Waals surface area contributed by atoms with E-state index in [1.807, 2.05) is 6.92 Å².